The van der Waals surface area contributed by atoms with E-state index in [1.54, 1.807) is 0 Å². The van der Waals surface area contributed by atoms with Crippen LogP contribution in [0.3, 0.4) is 0 Å². The highest BCUT2D eigenvalue weighted by molar-refractivity contribution is 6.06. The van der Waals surface area contributed by atoms with Crippen LogP contribution in [0.2, 0.25) is 0 Å². The largest absolute Gasteiger partial charge is 0.372 e. The zero-order valence-corrected chi connectivity index (χ0v) is 30.4. The summed E-state index contributed by atoms with van der Waals surface area (Å²) in [6, 6.07) is 54.2. The molecule has 52 heavy (non-hydrogen) atoms. The first kappa shape index (κ1) is 34.5. The highest BCUT2D eigenvalue weighted by Crippen LogP contribution is 2.45. The van der Waals surface area contributed by atoms with Gasteiger partial charge in [-0.15, -0.1) is 0 Å². The van der Waals surface area contributed by atoms with E-state index in [1.807, 2.05) is 18.3 Å². The van der Waals surface area contributed by atoms with Crippen LogP contribution in [-0.4, -0.2) is 23.8 Å². The number of hydrogen-bond donors (Lipinski definition) is 0. The van der Waals surface area contributed by atoms with Crippen molar-refractivity contribution >= 4 is 29.0 Å². The fourth-order valence-electron chi connectivity index (χ4n) is 7.13. The van der Waals surface area contributed by atoms with Crippen molar-refractivity contribution in [1.29, 1.82) is 0 Å². The average molecular weight is 682 g/mol. The summed E-state index contributed by atoms with van der Waals surface area (Å²) in [6.07, 6.45) is 6.24. The zero-order valence-electron chi connectivity index (χ0n) is 30.4. The fraction of sp³-hybridized carbons (Fsp3) is 0.191. The summed E-state index contributed by atoms with van der Waals surface area (Å²) >= 11 is 0. The predicted molar refractivity (Wildman–Crippen MR) is 219 cm³/mol. The molecule has 0 radical (unpaired) electrons. The Hall–Kier alpha value is -5.94. The third kappa shape index (κ3) is 8.00. The van der Waals surface area contributed by atoms with Crippen molar-refractivity contribution in [3.8, 4) is 0 Å². The minimum absolute atomic E-state index is 0.00982. The van der Waals surface area contributed by atoms with E-state index in [0.717, 1.165) is 43.3 Å². The summed E-state index contributed by atoms with van der Waals surface area (Å²) in [4.78, 5) is 9.61. The number of rotatable bonds is 13. The molecule has 0 amide bonds. The Morgan fingerprint density at radius 2 is 1.13 bits per heavy atom. The maximum atomic E-state index is 5.33. The number of hydrazone groups is 1. The van der Waals surface area contributed by atoms with E-state index in [9.17, 15) is 0 Å². The van der Waals surface area contributed by atoms with Gasteiger partial charge in [0.25, 0.3) is 0 Å². The molecule has 0 aliphatic carbocycles. The summed E-state index contributed by atoms with van der Waals surface area (Å²) < 4.78 is 0. The molecule has 6 aromatic rings. The van der Waals surface area contributed by atoms with Crippen LogP contribution in [0.15, 0.2) is 169 Å². The second-order valence-electron chi connectivity index (χ2n) is 13.4. The topological polar surface area (TPSA) is 35.0 Å². The molecule has 5 aromatic carbocycles. The molecular formula is C47H47N5. The number of pyridine rings is 1. The summed E-state index contributed by atoms with van der Waals surface area (Å²) in [7, 11) is 0. The molecule has 1 aromatic heterocycles. The number of anilines is 3. The predicted octanol–water partition coefficient (Wildman–Crippen LogP) is 10.9. The van der Waals surface area contributed by atoms with Gasteiger partial charge in [0, 0.05) is 43.8 Å². The summed E-state index contributed by atoms with van der Waals surface area (Å²) in [5, 5.41) is 7.45. The van der Waals surface area contributed by atoms with Crippen LogP contribution >= 0.6 is 0 Å². The van der Waals surface area contributed by atoms with Crippen molar-refractivity contribution in [2.45, 2.75) is 45.8 Å². The highest BCUT2D eigenvalue weighted by Gasteiger charge is 2.39. The molecule has 7 rings (SSSR count). The van der Waals surface area contributed by atoms with E-state index in [4.69, 9.17) is 10.1 Å². The zero-order chi connectivity index (χ0) is 35.7. The van der Waals surface area contributed by atoms with Crippen molar-refractivity contribution in [2.75, 3.05) is 27.9 Å². The van der Waals surface area contributed by atoms with Crippen LogP contribution in [-0.2, 0) is 13.1 Å². The standard InChI is InChI=1S/C47H47N5/c1-4-50(5-2)42-28-21-37(22-29-42)23-32-44-46(40-24-19-36(3)20-25-40)47(52(49-44)45-18-12-13-33-48-45)41-26-30-43(31-27-41)51(34-38-14-8-6-9-15-38)35-39-16-10-7-11-17-39/h6-33,46-47H,4-5,34-35H2,1-3H3. The molecule has 5 heteroatoms. The minimum Gasteiger partial charge on any atom is -0.372 e. The first-order valence-corrected chi connectivity index (χ1v) is 18.4. The second kappa shape index (κ2) is 16.4. The quantitative estimate of drug-likeness (QED) is 0.122. The van der Waals surface area contributed by atoms with E-state index in [1.165, 1.54) is 39.2 Å². The Labute approximate surface area is 309 Å². The van der Waals surface area contributed by atoms with Gasteiger partial charge in [0.15, 0.2) is 0 Å². The lowest BCUT2D eigenvalue weighted by molar-refractivity contribution is 0.641. The van der Waals surface area contributed by atoms with Crippen LogP contribution in [0.1, 0.15) is 59.2 Å². The Kier molecular flexibility index (Phi) is 10.9. The number of hydrogen-bond acceptors (Lipinski definition) is 5. The molecule has 0 fully saturated rings. The maximum absolute atomic E-state index is 5.33. The van der Waals surface area contributed by atoms with Crippen molar-refractivity contribution in [3.63, 3.8) is 0 Å². The van der Waals surface area contributed by atoms with E-state index < -0.39 is 0 Å². The molecule has 0 saturated carbocycles. The summed E-state index contributed by atoms with van der Waals surface area (Å²) in [6.45, 7) is 10.2. The van der Waals surface area contributed by atoms with Gasteiger partial charge in [-0.3, -0.25) is 0 Å². The molecule has 260 valence electrons. The van der Waals surface area contributed by atoms with Crippen molar-refractivity contribution < 1.29 is 0 Å². The normalized spacial score (nSPS) is 15.5. The summed E-state index contributed by atoms with van der Waals surface area (Å²) in [5.74, 6) is 0.819. The molecule has 0 N–H and O–H groups in total. The minimum atomic E-state index is -0.0898. The molecule has 2 unspecified atom stereocenters. The number of nitrogens with zero attached hydrogens (tertiary/aromatic N) is 5. The molecule has 1 aliphatic rings. The molecule has 2 atom stereocenters. The number of benzene rings is 5. The Balaban J connectivity index is 1.26. The van der Waals surface area contributed by atoms with Gasteiger partial charge in [0.05, 0.1) is 17.7 Å². The number of aryl methyl sites for hydroxylation is 1. The third-order valence-corrected chi connectivity index (χ3v) is 9.94. The third-order valence-electron chi connectivity index (χ3n) is 9.94. The first-order valence-electron chi connectivity index (χ1n) is 18.4. The molecule has 2 heterocycles. The Bertz CT molecular complexity index is 2010. The van der Waals surface area contributed by atoms with Gasteiger partial charge in [-0.2, -0.15) is 5.10 Å². The van der Waals surface area contributed by atoms with E-state index in [-0.39, 0.29) is 12.0 Å². The monoisotopic (exact) mass is 681 g/mol. The van der Waals surface area contributed by atoms with Gasteiger partial charge >= 0.3 is 0 Å². The van der Waals surface area contributed by atoms with Crippen LogP contribution in [0.5, 0.6) is 0 Å². The smallest absolute Gasteiger partial charge is 0.149 e. The average Bonchev–Trinajstić information content (AvgIpc) is 3.59. The SMILES string of the molecule is CCN(CC)c1ccc(C=CC2=NN(c3ccccn3)C(c3ccc(N(Cc4ccccc4)Cc4ccccc4)cc3)C2c2ccc(C)cc2)cc1. The van der Waals surface area contributed by atoms with Crippen molar-refractivity contribution in [1.82, 2.24) is 4.98 Å². The molecular weight excluding hydrogens is 635 g/mol. The van der Waals surface area contributed by atoms with Crippen LogP contribution in [0, 0.1) is 6.92 Å². The lowest BCUT2D eigenvalue weighted by Crippen LogP contribution is -2.25. The summed E-state index contributed by atoms with van der Waals surface area (Å²) in [5.41, 5.74) is 10.8. The van der Waals surface area contributed by atoms with Gasteiger partial charge in [-0.1, -0.05) is 127 Å². The molecule has 0 saturated heterocycles. The van der Waals surface area contributed by atoms with Gasteiger partial charge in [0.1, 0.15) is 5.82 Å². The first-order chi connectivity index (χ1) is 25.6. The van der Waals surface area contributed by atoms with Gasteiger partial charge in [0.2, 0.25) is 0 Å². The van der Waals surface area contributed by atoms with E-state index >= 15 is 0 Å². The van der Waals surface area contributed by atoms with Crippen molar-refractivity contribution in [2.24, 2.45) is 5.10 Å². The fourth-order valence-corrected chi connectivity index (χ4v) is 7.13. The Morgan fingerprint density at radius 3 is 1.71 bits per heavy atom. The highest BCUT2D eigenvalue weighted by atomic mass is 15.5. The van der Waals surface area contributed by atoms with E-state index in [2.05, 4.69) is 187 Å². The van der Waals surface area contributed by atoms with E-state index in [0.29, 0.717) is 0 Å². The lowest BCUT2D eigenvalue weighted by atomic mass is 9.83. The lowest BCUT2D eigenvalue weighted by Gasteiger charge is -2.29. The maximum Gasteiger partial charge on any atom is 0.149 e. The Morgan fingerprint density at radius 1 is 0.577 bits per heavy atom. The van der Waals surface area contributed by atoms with Crippen LogP contribution in [0.25, 0.3) is 6.08 Å². The van der Waals surface area contributed by atoms with Crippen LogP contribution in [0.4, 0.5) is 17.2 Å². The van der Waals surface area contributed by atoms with Gasteiger partial charge in [-0.05, 0) is 91.1 Å². The second-order valence-corrected chi connectivity index (χ2v) is 13.4. The van der Waals surface area contributed by atoms with Crippen molar-refractivity contribution in [3.05, 3.63) is 197 Å². The molecule has 5 nitrogen and oxygen atoms in total. The molecule has 0 bridgehead atoms. The van der Waals surface area contributed by atoms with Gasteiger partial charge < -0.3 is 9.80 Å². The molecule has 0 spiro atoms. The number of aromatic nitrogens is 1. The van der Waals surface area contributed by atoms with Gasteiger partial charge in [-0.25, -0.2) is 9.99 Å². The molecule has 1 aliphatic heterocycles. The van der Waals surface area contributed by atoms with Crippen LogP contribution < -0.4 is 14.8 Å². The number of allylic oxidation sites excluding steroid dienone is 1.